The van der Waals surface area contributed by atoms with E-state index in [4.69, 9.17) is 4.99 Å². The van der Waals surface area contributed by atoms with E-state index < -0.39 is 0 Å². The Labute approximate surface area is 188 Å². The quantitative estimate of drug-likeness (QED) is 0.331. The van der Waals surface area contributed by atoms with E-state index in [9.17, 15) is 4.79 Å². The molecule has 162 valence electrons. The lowest BCUT2D eigenvalue weighted by atomic mass is 9.88. The molecule has 6 nitrogen and oxygen atoms in total. The van der Waals surface area contributed by atoms with Crippen molar-refractivity contribution < 1.29 is 4.79 Å². The summed E-state index contributed by atoms with van der Waals surface area (Å²) in [7, 11) is 0. The molecule has 0 aromatic rings. The van der Waals surface area contributed by atoms with E-state index in [-0.39, 0.29) is 29.9 Å². The van der Waals surface area contributed by atoms with Gasteiger partial charge < -0.3 is 20.4 Å². The highest BCUT2D eigenvalue weighted by Crippen LogP contribution is 2.26. The summed E-state index contributed by atoms with van der Waals surface area (Å²) in [6.07, 6.45) is 8.20. The molecule has 3 rings (SSSR count). The number of nitrogens with one attached hydrogen (secondary N) is 2. The molecular weight excluding hydrogens is 465 g/mol. The number of guanidine groups is 1. The number of amides is 1. The summed E-state index contributed by atoms with van der Waals surface area (Å²) in [6, 6.07) is 0.325. The fraction of sp³-hybridized carbons (Fsp3) is 0.905. The largest absolute Gasteiger partial charge is 0.357 e. The summed E-state index contributed by atoms with van der Waals surface area (Å²) >= 11 is 0. The van der Waals surface area contributed by atoms with Crippen LogP contribution in [0.3, 0.4) is 0 Å². The molecule has 1 saturated carbocycles. The average Bonchev–Trinajstić information content (AvgIpc) is 3.36. The summed E-state index contributed by atoms with van der Waals surface area (Å²) in [5.41, 5.74) is 0. The number of hydrogen-bond donors (Lipinski definition) is 2. The van der Waals surface area contributed by atoms with Crippen molar-refractivity contribution in [3.63, 3.8) is 0 Å². The van der Waals surface area contributed by atoms with E-state index in [1.165, 1.54) is 38.8 Å². The summed E-state index contributed by atoms with van der Waals surface area (Å²) < 4.78 is 0. The van der Waals surface area contributed by atoms with Crippen LogP contribution in [0.5, 0.6) is 0 Å². The van der Waals surface area contributed by atoms with Crippen LogP contribution in [0.1, 0.15) is 58.8 Å². The minimum Gasteiger partial charge on any atom is -0.357 e. The maximum absolute atomic E-state index is 12.8. The first-order chi connectivity index (χ1) is 13.2. The number of hydrogen-bond acceptors (Lipinski definition) is 3. The minimum atomic E-state index is 0. The third-order valence-corrected chi connectivity index (χ3v) is 6.46. The summed E-state index contributed by atoms with van der Waals surface area (Å²) in [5.74, 6) is 2.27. The van der Waals surface area contributed by atoms with Crippen LogP contribution in [0.2, 0.25) is 0 Å². The number of nitrogens with zero attached hydrogens (tertiary/aromatic N) is 3. The van der Waals surface area contributed by atoms with Crippen molar-refractivity contribution in [3.05, 3.63) is 0 Å². The normalized spacial score (nSPS) is 26.9. The molecule has 2 N–H and O–H groups in total. The third-order valence-electron chi connectivity index (χ3n) is 6.46. The van der Waals surface area contributed by atoms with E-state index in [2.05, 4.69) is 34.3 Å². The van der Waals surface area contributed by atoms with Crippen molar-refractivity contribution >= 4 is 35.8 Å². The molecule has 0 aromatic heterocycles. The van der Waals surface area contributed by atoms with Gasteiger partial charge >= 0.3 is 0 Å². The third kappa shape index (κ3) is 6.75. The molecule has 0 bridgehead atoms. The second-order valence-corrected chi connectivity index (χ2v) is 8.52. The fourth-order valence-corrected chi connectivity index (χ4v) is 4.77. The zero-order valence-corrected chi connectivity index (χ0v) is 20.1. The van der Waals surface area contributed by atoms with Crippen molar-refractivity contribution in [2.45, 2.75) is 64.8 Å². The molecule has 3 fully saturated rings. The smallest absolute Gasteiger partial charge is 0.225 e. The molecule has 0 radical (unpaired) electrons. The lowest BCUT2D eigenvalue weighted by molar-refractivity contribution is -0.135. The zero-order valence-electron chi connectivity index (χ0n) is 17.8. The topological polar surface area (TPSA) is 60.0 Å². The Morgan fingerprint density at radius 2 is 1.82 bits per heavy atom. The minimum absolute atomic E-state index is 0. The van der Waals surface area contributed by atoms with E-state index in [0.29, 0.717) is 17.9 Å². The van der Waals surface area contributed by atoms with Crippen LogP contribution in [0.4, 0.5) is 0 Å². The molecule has 2 aliphatic heterocycles. The number of rotatable bonds is 6. The van der Waals surface area contributed by atoms with Crippen molar-refractivity contribution in [1.82, 2.24) is 20.4 Å². The van der Waals surface area contributed by atoms with Gasteiger partial charge in [0.2, 0.25) is 5.91 Å². The molecule has 1 amide bonds. The van der Waals surface area contributed by atoms with Gasteiger partial charge in [-0.15, -0.1) is 24.0 Å². The van der Waals surface area contributed by atoms with Crippen LogP contribution in [-0.2, 0) is 4.79 Å². The average molecular weight is 505 g/mol. The Morgan fingerprint density at radius 3 is 2.50 bits per heavy atom. The van der Waals surface area contributed by atoms with Gasteiger partial charge in [-0.2, -0.15) is 0 Å². The second kappa shape index (κ2) is 12.2. The highest BCUT2D eigenvalue weighted by molar-refractivity contribution is 14.0. The van der Waals surface area contributed by atoms with Crippen molar-refractivity contribution in [2.75, 3.05) is 45.8 Å². The van der Waals surface area contributed by atoms with Gasteiger partial charge in [0.15, 0.2) is 5.96 Å². The van der Waals surface area contributed by atoms with Gasteiger partial charge in [-0.3, -0.25) is 9.79 Å². The van der Waals surface area contributed by atoms with Crippen LogP contribution < -0.4 is 10.6 Å². The van der Waals surface area contributed by atoms with E-state index in [1.807, 2.05) is 0 Å². The number of aliphatic imine (C=N–C) groups is 1. The second-order valence-electron chi connectivity index (χ2n) is 8.52. The predicted octanol–water partition coefficient (Wildman–Crippen LogP) is 2.68. The van der Waals surface area contributed by atoms with Gasteiger partial charge in [0.25, 0.3) is 0 Å². The van der Waals surface area contributed by atoms with Gasteiger partial charge in [-0.25, -0.2) is 0 Å². The van der Waals surface area contributed by atoms with E-state index in [0.717, 1.165) is 57.9 Å². The van der Waals surface area contributed by atoms with Crippen LogP contribution >= 0.6 is 24.0 Å². The monoisotopic (exact) mass is 505 g/mol. The predicted molar refractivity (Wildman–Crippen MR) is 126 cm³/mol. The first kappa shape index (κ1) is 23.7. The highest BCUT2D eigenvalue weighted by atomic mass is 127. The lowest BCUT2D eigenvalue weighted by Gasteiger charge is -2.26. The number of halogens is 1. The Bertz CT molecular complexity index is 509. The van der Waals surface area contributed by atoms with Crippen LogP contribution in [-0.4, -0.2) is 73.5 Å². The molecule has 28 heavy (non-hydrogen) atoms. The molecule has 2 unspecified atom stereocenters. The Kier molecular flexibility index (Phi) is 10.3. The van der Waals surface area contributed by atoms with Gasteiger partial charge in [-0.05, 0) is 51.6 Å². The Morgan fingerprint density at radius 1 is 1.04 bits per heavy atom. The molecule has 3 aliphatic rings. The lowest BCUT2D eigenvalue weighted by Crippen LogP contribution is -2.45. The van der Waals surface area contributed by atoms with Gasteiger partial charge in [-0.1, -0.05) is 26.2 Å². The van der Waals surface area contributed by atoms with Gasteiger partial charge in [0.1, 0.15) is 0 Å². The summed E-state index contributed by atoms with van der Waals surface area (Å²) in [6.45, 7) is 11.3. The van der Waals surface area contributed by atoms with E-state index >= 15 is 0 Å². The van der Waals surface area contributed by atoms with Crippen LogP contribution in [0, 0.1) is 11.8 Å². The van der Waals surface area contributed by atoms with Crippen LogP contribution in [0.15, 0.2) is 4.99 Å². The number of likely N-dealkylation sites (tertiary alicyclic amines) is 2. The Hall–Kier alpha value is -0.570. The first-order valence-corrected chi connectivity index (χ1v) is 11.3. The maximum Gasteiger partial charge on any atom is 0.225 e. The van der Waals surface area contributed by atoms with E-state index in [1.54, 1.807) is 0 Å². The summed E-state index contributed by atoms with van der Waals surface area (Å²) in [5, 5.41) is 6.97. The Balaban J connectivity index is 0.00000280. The molecule has 2 heterocycles. The number of carbonyl (C=O) groups is 1. The fourth-order valence-electron chi connectivity index (χ4n) is 4.77. The zero-order chi connectivity index (χ0) is 19.1. The van der Waals surface area contributed by atoms with Crippen molar-refractivity contribution in [3.8, 4) is 0 Å². The summed E-state index contributed by atoms with van der Waals surface area (Å²) in [4.78, 5) is 22.2. The molecule has 7 heteroatoms. The molecule has 2 atom stereocenters. The van der Waals surface area contributed by atoms with Crippen LogP contribution in [0.25, 0.3) is 0 Å². The van der Waals surface area contributed by atoms with Crippen molar-refractivity contribution in [2.24, 2.45) is 16.8 Å². The molecule has 0 aromatic carbocycles. The molecule has 1 aliphatic carbocycles. The molecule has 2 saturated heterocycles. The van der Waals surface area contributed by atoms with Gasteiger partial charge in [0, 0.05) is 44.7 Å². The first-order valence-electron chi connectivity index (χ1n) is 11.3. The highest BCUT2D eigenvalue weighted by Gasteiger charge is 2.31. The standard InChI is InChI=1S/C21H39N5O.HI/c1-3-22-21(23-14-17-10-12-25(4-2)15-17)24-19-11-13-26(16-19)20(27)18-8-6-5-7-9-18;/h17-19H,3-16H2,1-2H3,(H2,22,23,24);1H. The number of carbonyl (C=O) groups excluding carboxylic acids is 1. The molecular formula is C21H40IN5O. The van der Waals surface area contributed by atoms with Crippen molar-refractivity contribution in [1.29, 1.82) is 0 Å². The van der Waals surface area contributed by atoms with Gasteiger partial charge in [0.05, 0.1) is 0 Å². The SMILES string of the molecule is CCNC(=NCC1CCN(CC)C1)NC1CCN(C(=O)C2CCCCC2)C1.I. The molecule has 0 spiro atoms. The maximum atomic E-state index is 12.8.